The summed E-state index contributed by atoms with van der Waals surface area (Å²) in [6.07, 6.45) is 6.21. The van der Waals surface area contributed by atoms with E-state index in [1.54, 1.807) is 0 Å². The third kappa shape index (κ3) is 3.40. The molecule has 0 fully saturated rings. The van der Waals surface area contributed by atoms with Gasteiger partial charge in [0.2, 0.25) is 0 Å². The highest BCUT2D eigenvalue weighted by Gasteiger charge is 2.09. The van der Waals surface area contributed by atoms with E-state index in [0.717, 1.165) is 12.2 Å². The Hall–Kier alpha value is -1.25. The van der Waals surface area contributed by atoms with Crippen LogP contribution in [-0.2, 0) is 0 Å². The van der Waals surface area contributed by atoms with Crippen molar-refractivity contribution in [2.75, 3.05) is 23.8 Å². The molecule has 0 radical (unpaired) electrons. The van der Waals surface area contributed by atoms with Crippen molar-refractivity contribution in [3.63, 3.8) is 0 Å². The van der Waals surface area contributed by atoms with Crippen LogP contribution in [0.2, 0.25) is 0 Å². The Morgan fingerprint density at radius 2 is 2.12 bits per heavy atom. The molecule has 1 aromatic rings. The predicted molar refractivity (Wildman–Crippen MR) is 71.2 cm³/mol. The summed E-state index contributed by atoms with van der Waals surface area (Å²) in [4.78, 5) is 6.55. The van der Waals surface area contributed by atoms with E-state index in [0.29, 0.717) is 6.04 Å². The Morgan fingerprint density at radius 3 is 2.75 bits per heavy atom. The first-order valence-corrected chi connectivity index (χ1v) is 6.10. The Kier molecular flexibility index (Phi) is 5.09. The zero-order valence-electron chi connectivity index (χ0n) is 10.8. The minimum Gasteiger partial charge on any atom is -0.384 e. The maximum Gasteiger partial charge on any atom is 0.0573 e. The normalized spacial score (nSPS) is 12.2. The molecular formula is C13H23N3. The summed E-state index contributed by atoms with van der Waals surface area (Å²) in [5.74, 6) is 0. The van der Waals surface area contributed by atoms with Gasteiger partial charge in [-0.3, -0.25) is 4.98 Å². The van der Waals surface area contributed by atoms with Crippen LogP contribution in [0.15, 0.2) is 18.5 Å². The Bertz CT molecular complexity index is 312. The molecule has 0 aliphatic rings. The third-order valence-electron chi connectivity index (χ3n) is 2.88. The maximum absolute atomic E-state index is 4.26. The van der Waals surface area contributed by atoms with Crippen LogP contribution >= 0.6 is 0 Å². The number of nitrogens with one attached hydrogen (secondary N) is 1. The third-order valence-corrected chi connectivity index (χ3v) is 2.88. The molecule has 1 aromatic heterocycles. The van der Waals surface area contributed by atoms with Gasteiger partial charge in [-0.05, 0) is 26.3 Å². The molecule has 0 aliphatic heterocycles. The quantitative estimate of drug-likeness (QED) is 0.800. The van der Waals surface area contributed by atoms with Gasteiger partial charge in [-0.2, -0.15) is 0 Å². The number of nitrogens with zero attached hydrogens (tertiary/aromatic N) is 2. The summed E-state index contributed by atoms with van der Waals surface area (Å²) in [6, 6.07) is 2.71. The molecule has 3 heteroatoms. The van der Waals surface area contributed by atoms with Crippen molar-refractivity contribution in [3.8, 4) is 0 Å². The van der Waals surface area contributed by atoms with Crippen molar-refractivity contribution in [2.24, 2.45) is 0 Å². The van der Waals surface area contributed by atoms with E-state index in [4.69, 9.17) is 0 Å². The minimum absolute atomic E-state index is 0.559. The molecular weight excluding hydrogens is 198 g/mol. The fourth-order valence-electron chi connectivity index (χ4n) is 1.79. The molecule has 16 heavy (non-hydrogen) atoms. The summed E-state index contributed by atoms with van der Waals surface area (Å²) in [5, 5.41) is 3.28. The van der Waals surface area contributed by atoms with Crippen LogP contribution < -0.4 is 10.2 Å². The van der Waals surface area contributed by atoms with Gasteiger partial charge in [0.15, 0.2) is 0 Å². The van der Waals surface area contributed by atoms with Crippen molar-refractivity contribution in [2.45, 2.75) is 39.7 Å². The van der Waals surface area contributed by atoms with E-state index >= 15 is 0 Å². The lowest BCUT2D eigenvalue weighted by atomic mass is 10.1. The molecule has 1 heterocycles. The molecule has 1 unspecified atom stereocenters. The molecule has 1 N–H and O–H groups in total. The molecule has 90 valence electrons. The van der Waals surface area contributed by atoms with Gasteiger partial charge < -0.3 is 10.2 Å². The second kappa shape index (κ2) is 6.36. The summed E-state index contributed by atoms with van der Waals surface area (Å²) < 4.78 is 0. The van der Waals surface area contributed by atoms with E-state index in [1.165, 1.54) is 18.5 Å². The molecule has 0 saturated heterocycles. The van der Waals surface area contributed by atoms with Crippen LogP contribution in [0, 0.1) is 0 Å². The highest BCUT2D eigenvalue weighted by molar-refractivity contribution is 5.55. The van der Waals surface area contributed by atoms with Gasteiger partial charge in [0, 0.05) is 19.6 Å². The Labute approximate surface area is 98.9 Å². The van der Waals surface area contributed by atoms with Crippen LogP contribution in [0.1, 0.15) is 33.6 Å². The van der Waals surface area contributed by atoms with Crippen LogP contribution in [0.4, 0.5) is 11.4 Å². The van der Waals surface area contributed by atoms with Crippen molar-refractivity contribution in [3.05, 3.63) is 18.5 Å². The molecule has 0 saturated carbocycles. The largest absolute Gasteiger partial charge is 0.384 e. The lowest BCUT2D eigenvalue weighted by Crippen LogP contribution is -2.28. The van der Waals surface area contributed by atoms with Crippen LogP contribution in [0.5, 0.6) is 0 Å². The average molecular weight is 221 g/mol. The topological polar surface area (TPSA) is 28.2 Å². The lowest BCUT2D eigenvalue weighted by Gasteiger charge is -2.26. The highest BCUT2D eigenvalue weighted by atomic mass is 15.1. The SMILES string of the molecule is CCCC(C)N(C)c1cncc(NCC)c1. The number of pyridine rings is 1. The molecule has 0 aliphatic carbocycles. The monoisotopic (exact) mass is 221 g/mol. The molecule has 3 nitrogen and oxygen atoms in total. The number of hydrogen-bond donors (Lipinski definition) is 1. The van der Waals surface area contributed by atoms with Crippen LogP contribution in [-0.4, -0.2) is 24.6 Å². The van der Waals surface area contributed by atoms with Gasteiger partial charge in [0.05, 0.1) is 23.8 Å². The van der Waals surface area contributed by atoms with Gasteiger partial charge in [-0.1, -0.05) is 13.3 Å². The summed E-state index contributed by atoms with van der Waals surface area (Å²) in [5.41, 5.74) is 2.27. The average Bonchev–Trinajstić information content (AvgIpc) is 2.29. The van der Waals surface area contributed by atoms with Crippen molar-refractivity contribution in [1.29, 1.82) is 0 Å². The first-order valence-electron chi connectivity index (χ1n) is 6.10. The molecule has 0 spiro atoms. The van der Waals surface area contributed by atoms with E-state index in [2.05, 4.69) is 49.1 Å². The summed E-state index contributed by atoms with van der Waals surface area (Å²) in [7, 11) is 2.13. The first-order chi connectivity index (χ1) is 7.69. The molecule has 1 rings (SSSR count). The standard InChI is InChI=1S/C13H23N3/c1-5-7-11(3)16(4)13-8-12(15-6-2)9-14-10-13/h8-11,15H,5-7H2,1-4H3. The summed E-state index contributed by atoms with van der Waals surface area (Å²) in [6.45, 7) is 7.50. The number of anilines is 2. The van der Waals surface area contributed by atoms with Crippen molar-refractivity contribution >= 4 is 11.4 Å². The number of aromatic nitrogens is 1. The van der Waals surface area contributed by atoms with Gasteiger partial charge in [-0.25, -0.2) is 0 Å². The molecule has 0 amide bonds. The van der Waals surface area contributed by atoms with Gasteiger partial charge in [0.1, 0.15) is 0 Å². The van der Waals surface area contributed by atoms with Crippen LogP contribution in [0.25, 0.3) is 0 Å². The van der Waals surface area contributed by atoms with E-state index < -0.39 is 0 Å². The smallest absolute Gasteiger partial charge is 0.0573 e. The van der Waals surface area contributed by atoms with Crippen molar-refractivity contribution in [1.82, 2.24) is 4.98 Å². The zero-order chi connectivity index (χ0) is 12.0. The van der Waals surface area contributed by atoms with Gasteiger partial charge >= 0.3 is 0 Å². The second-order valence-electron chi connectivity index (χ2n) is 4.21. The van der Waals surface area contributed by atoms with Gasteiger partial charge in [0.25, 0.3) is 0 Å². The Balaban J connectivity index is 2.74. The highest BCUT2D eigenvalue weighted by Crippen LogP contribution is 2.19. The van der Waals surface area contributed by atoms with E-state index in [9.17, 15) is 0 Å². The second-order valence-corrected chi connectivity index (χ2v) is 4.21. The first kappa shape index (κ1) is 12.8. The maximum atomic E-state index is 4.26. The predicted octanol–water partition coefficient (Wildman–Crippen LogP) is 3.14. The molecule has 0 aromatic carbocycles. The fourth-order valence-corrected chi connectivity index (χ4v) is 1.79. The van der Waals surface area contributed by atoms with E-state index in [-0.39, 0.29) is 0 Å². The molecule has 1 atom stereocenters. The molecule has 0 bridgehead atoms. The Morgan fingerprint density at radius 1 is 1.38 bits per heavy atom. The van der Waals surface area contributed by atoms with Crippen LogP contribution in [0.3, 0.4) is 0 Å². The summed E-state index contributed by atoms with van der Waals surface area (Å²) >= 11 is 0. The fraction of sp³-hybridized carbons (Fsp3) is 0.615. The number of rotatable bonds is 6. The van der Waals surface area contributed by atoms with Crippen molar-refractivity contribution < 1.29 is 0 Å². The van der Waals surface area contributed by atoms with Gasteiger partial charge in [-0.15, -0.1) is 0 Å². The van der Waals surface area contributed by atoms with E-state index in [1.807, 2.05) is 12.4 Å². The number of hydrogen-bond acceptors (Lipinski definition) is 3. The minimum atomic E-state index is 0.559. The zero-order valence-corrected chi connectivity index (χ0v) is 10.8. The lowest BCUT2D eigenvalue weighted by molar-refractivity contribution is 0.615.